The molecule has 3 aromatic rings. The van der Waals surface area contributed by atoms with Gasteiger partial charge in [0.25, 0.3) is 11.8 Å². The zero-order valence-electron chi connectivity index (χ0n) is 31.5. The van der Waals surface area contributed by atoms with Gasteiger partial charge in [-0.15, -0.1) is 0 Å². The lowest BCUT2D eigenvalue weighted by molar-refractivity contribution is -0.136. The van der Waals surface area contributed by atoms with Crippen LogP contribution in [0.15, 0.2) is 54.7 Å². The third kappa shape index (κ3) is 6.62. The number of halogens is 1. The molecule has 6 aliphatic rings. The highest BCUT2D eigenvalue weighted by atomic mass is 35.5. The van der Waals surface area contributed by atoms with Gasteiger partial charge in [0.15, 0.2) is 0 Å². The van der Waals surface area contributed by atoms with Crippen LogP contribution >= 0.6 is 11.6 Å². The number of amides is 4. The average molecular weight is 776 g/mol. The number of fused-ring (bicyclic) bond motifs is 1. The van der Waals surface area contributed by atoms with Crippen molar-refractivity contribution in [3.8, 4) is 0 Å². The third-order valence-corrected chi connectivity index (χ3v) is 13.4. The van der Waals surface area contributed by atoms with Gasteiger partial charge in [-0.3, -0.25) is 34.3 Å². The molecule has 290 valence electrons. The predicted octanol–water partition coefficient (Wildman–Crippen LogP) is 5.34. The lowest BCUT2D eigenvalue weighted by Crippen LogP contribution is -2.60. The number of piperidine rings is 3. The molecule has 6 aliphatic heterocycles. The number of nitrogens with zero attached hydrogens (tertiary/aromatic N) is 7. The first kappa shape index (κ1) is 36.4. The van der Waals surface area contributed by atoms with Crippen molar-refractivity contribution in [2.45, 2.75) is 76.0 Å². The van der Waals surface area contributed by atoms with Gasteiger partial charge in [-0.1, -0.05) is 17.7 Å². The maximum Gasteiger partial charge on any atom is 0.262 e. The van der Waals surface area contributed by atoms with E-state index in [1.807, 2.05) is 30.5 Å². The molecular formula is C42H46ClN9O4. The largest absolute Gasteiger partial charge is 0.380 e. The highest BCUT2D eigenvalue weighted by molar-refractivity contribution is 6.33. The van der Waals surface area contributed by atoms with Gasteiger partial charge >= 0.3 is 0 Å². The number of benzene rings is 2. The summed E-state index contributed by atoms with van der Waals surface area (Å²) in [7, 11) is 0. The van der Waals surface area contributed by atoms with Gasteiger partial charge in [-0.05, 0) is 93.3 Å². The van der Waals surface area contributed by atoms with E-state index in [1.54, 1.807) is 12.1 Å². The number of carbonyl (C=O) groups excluding carboxylic acids is 4. The quantitative estimate of drug-likeness (QED) is 0.240. The standard InChI is InChI=1S/C42H46ClN9O4/c1-26-21-42(25-51(26)30-4-7-35(44-2)34(43)20-30)13-17-49(18-14-42)37-9-5-31(22-45-37)48-15-11-29(12-16-48)50-23-28(24-50)46-27-3-6-32-33(19-27)41(56)52(40(32)55)36-8-10-38(53)47-39(36)54/h3-7,9,19-20,22,26,28-29,36,46H,8,10-18,21,23-25H2,1H3,(H,47,53,54)/t26-,36?/m0/s1. The van der Waals surface area contributed by atoms with E-state index in [2.05, 4.69) is 54.1 Å². The summed E-state index contributed by atoms with van der Waals surface area (Å²) in [5.41, 5.74) is 4.43. The highest BCUT2D eigenvalue weighted by Crippen LogP contribution is 2.46. The van der Waals surface area contributed by atoms with Crippen molar-refractivity contribution >= 4 is 63.8 Å². The number of pyridine rings is 1. The summed E-state index contributed by atoms with van der Waals surface area (Å²) in [5, 5.41) is 6.30. The minimum atomic E-state index is -0.967. The van der Waals surface area contributed by atoms with Crippen molar-refractivity contribution in [1.82, 2.24) is 20.1 Å². The number of hydrogen-bond donors (Lipinski definition) is 2. The average Bonchev–Trinajstić information content (AvgIpc) is 3.64. The number of rotatable bonds is 7. The van der Waals surface area contributed by atoms with Gasteiger partial charge in [0.05, 0.1) is 35.6 Å². The smallest absolute Gasteiger partial charge is 0.262 e. The molecule has 2 atom stereocenters. The van der Waals surface area contributed by atoms with E-state index in [0.717, 1.165) is 100 Å². The van der Waals surface area contributed by atoms with Gasteiger partial charge in [-0.2, -0.15) is 0 Å². The molecule has 56 heavy (non-hydrogen) atoms. The van der Waals surface area contributed by atoms with Crippen LogP contribution in [0.5, 0.6) is 0 Å². The molecule has 2 aromatic carbocycles. The number of aromatic nitrogens is 1. The fraction of sp³-hybridized carbons (Fsp3) is 0.476. The highest BCUT2D eigenvalue weighted by Gasteiger charge is 2.46. The van der Waals surface area contributed by atoms with Crippen molar-refractivity contribution in [2.75, 3.05) is 65.8 Å². The second-order valence-corrected chi connectivity index (χ2v) is 16.9. The molecule has 0 bridgehead atoms. The van der Waals surface area contributed by atoms with E-state index >= 15 is 0 Å². The molecule has 4 amide bonds. The summed E-state index contributed by atoms with van der Waals surface area (Å²) >= 11 is 6.39. The zero-order valence-corrected chi connectivity index (χ0v) is 32.3. The van der Waals surface area contributed by atoms with E-state index in [4.69, 9.17) is 23.2 Å². The lowest BCUT2D eigenvalue weighted by atomic mass is 9.77. The summed E-state index contributed by atoms with van der Waals surface area (Å²) in [6.45, 7) is 16.4. The van der Waals surface area contributed by atoms with Crippen LogP contribution in [-0.2, 0) is 9.59 Å². The van der Waals surface area contributed by atoms with Crippen LogP contribution < -0.4 is 25.3 Å². The first-order chi connectivity index (χ1) is 27.1. The Morgan fingerprint density at radius 3 is 2.34 bits per heavy atom. The monoisotopic (exact) mass is 775 g/mol. The normalized spacial score (nSPS) is 24.4. The van der Waals surface area contributed by atoms with E-state index in [1.165, 1.54) is 5.69 Å². The second-order valence-electron chi connectivity index (χ2n) is 16.5. The van der Waals surface area contributed by atoms with Crippen LogP contribution in [0.2, 0.25) is 5.02 Å². The molecular weight excluding hydrogens is 730 g/mol. The van der Waals surface area contributed by atoms with Crippen molar-refractivity contribution in [1.29, 1.82) is 0 Å². The fourth-order valence-electron chi connectivity index (χ4n) is 9.94. The molecule has 7 heterocycles. The topological polar surface area (TPSA) is 126 Å². The minimum Gasteiger partial charge on any atom is -0.380 e. The first-order valence-corrected chi connectivity index (χ1v) is 20.2. The maximum atomic E-state index is 13.2. The van der Waals surface area contributed by atoms with Crippen LogP contribution in [-0.4, -0.2) is 108 Å². The number of imide groups is 2. The number of likely N-dealkylation sites (tertiary alicyclic amines) is 1. The van der Waals surface area contributed by atoms with E-state index < -0.39 is 23.8 Å². The van der Waals surface area contributed by atoms with Crippen LogP contribution in [0, 0.1) is 12.0 Å². The Bertz CT molecular complexity index is 2120. The van der Waals surface area contributed by atoms with Crippen LogP contribution in [0.3, 0.4) is 0 Å². The molecule has 5 saturated heterocycles. The summed E-state index contributed by atoms with van der Waals surface area (Å²) in [6.07, 6.45) is 7.86. The number of carbonyl (C=O) groups is 4. The molecule has 13 nitrogen and oxygen atoms in total. The predicted molar refractivity (Wildman–Crippen MR) is 215 cm³/mol. The van der Waals surface area contributed by atoms with Crippen LogP contribution in [0.25, 0.3) is 4.85 Å². The van der Waals surface area contributed by atoms with Gasteiger partial charge in [0.2, 0.25) is 17.5 Å². The molecule has 1 spiro atoms. The molecule has 9 rings (SSSR count). The van der Waals surface area contributed by atoms with Gasteiger partial charge in [0.1, 0.15) is 11.9 Å². The molecule has 0 saturated carbocycles. The Balaban J connectivity index is 0.726. The van der Waals surface area contributed by atoms with E-state index in [-0.39, 0.29) is 35.8 Å². The molecule has 2 N–H and O–H groups in total. The van der Waals surface area contributed by atoms with Crippen molar-refractivity contribution in [2.24, 2.45) is 5.41 Å². The van der Waals surface area contributed by atoms with Crippen LogP contribution in [0.1, 0.15) is 72.6 Å². The molecule has 5 fully saturated rings. The Labute approximate surface area is 331 Å². The summed E-state index contributed by atoms with van der Waals surface area (Å²) < 4.78 is 0. The number of hydrogen-bond acceptors (Lipinski definition) is 10. The number of anilines is 4. The molecule has 0 radical (unpaired) electrons. The fourth-order valence-corrected chi connectivity index (χ4v) is 10.2. The zero-order chi connectivity index (χ0) is 38.7. The van der Waals surface area contributed by atoms with Crippen molar-refractivity contribution in [3.05, 3.63) is 82.3 Å². The molecule has 1 aromatic heterocycles. The van der Waals surface area contributed by atoms with Crippen molar-refractivity contribution in [3.63, 3.8) is 0 Å². The molecule has 0 aliphatic carbocycles. The second kappa shape index (κ2) is 14.4. The van der Waals surface area contributed by atoms with Gasteiger partial charge < -0.3 is 20.0 Å². The Morgan fingerprint density at radius 1 is 0.893 bits per heavy atom. The summed E-state index contributed by atoms with van der Waals surface area (Å²) in [5.74, 6) is -0.924. The number of nitrogens with one attached hydrogen (secondary N) is 2. The Hall–Kier alpha value is -5.19. The first-order valence-electron chi connectivity index (χ1n) is 19.8. The SMILES string of the molecule is [C-]#[N+]c1ccc(N2CC3(CCN(c4ccc(N5CCC(N6CC(Nc7ccc8c(c7)C(=O)N(C7CCC(=O)NC7=O)C8=O)C6)CC5)cn4)CC3)C[C@@H]2C)cc1Cl. The van der Waals surface area contributed by atoms with E-state index in [9.17, 15) is 19.2 Å². The third-order valence-electron chi connectivity index (χ3n) is 13.1. The summed E-state index contributed by atoms with van der Waals surface area (Å²) in [6, 6.07) is 15.6. The molecule has 1 unspecified atom stereocenters. The van der Waals surface area contributed by atoms with Crippen molar-refractivity contribution < 1.29 is 19.2 Å². The lowest BCUT2D eigenvalue weighted by Gasteiger charge is -2.48. The summed E-state index contributed by atoms with van der Waals surface area (Å²) in [4.78, 5) is 69.6. The minimum absolute atomic E-state index is 0.0970. The maximum absolute atomic E-state index is 13.2. The van der Waals surface area contributed by atoms with Gasteiger partial charge in [0, 0.05) is 80.7 Å². The Kier molecular flexibility index (Phi) is 9.37. The van der Waals surface area contributed by atoms with Gasteiger partial charge in [-0.25, -0.2) is 9.83 Å². The van der Waals surface area contributed by atoms with Crippen LogP contribution in [0.4, 0.5) is 28.6 Å². The van der Waals surface area contributed by atoms with E-state index in [0.29, 0.717) is 28.4 Å². The Morgan fingerprint density at radius 2 is 1.64 bits per heavy atom. The molecule has 14 heteroatoms.